The molecule has 10 heteroatoms. The summed E-state index contributed by atoms with van der Waals surface area (Å²) in [6.45, 7) is 4.28. The minimum atomic E-state index is -3.67. The number of ether oxygens (including phenoxy) is 1. The Balaban J connectivity index is 1.68. The summed E-state index contributed by atoms with van der Waals surface area (Å²) in [6, 6.07) is 4.59. The third-order valence-electron chi connectivity index (χ3n) is 5.33. The number of aromatic nitrogens is 2. The quantitative estimate of drug-likeness (QED) is 0.729. The maximum atomic E-state index is 13.2. The number of carbonyl (C=O) groups excluding carboxylic acids is 1. The lowest BCUT2D eigenvalue weighted by atomic mass is 10.1. The van der Waals surface area contributed by atoms with Crippen LogP contribution in [-0.2, 0) is 27.8 Å². The second-order valence-electron chi connectivity index (χ2n) is 7.32. The van der Waals surface area contributed by atoms with Gasteiger partial charge in [-0.2, -0.15) is 9.29 Å². The van der Waals surface area contributed by atoms with Crippen molar-refractivity contribution in [2.45, 2.75) is 57.0 Å². The molecule has 3 heterocycles. The van der Waals surface area contributed by atoms with Crippen LogP contribution in [0.1, 0.15) is 44.8 Å². The second kappa shape index (κ2) is 7.75. The number of anilines is 1. The van der Waals surface area contributed by atoms with Gasteiger partial charge in [0, 0.05) is 19.0 Å². The molecule has 1 atom stereocenters. The maximum absolute atomic E-state index is 13.2. The van der Waals surface area contributed by atoms with Crippen molar-refractivity contribution in [3.05, 3.63) is 29.9 Å². The molecule has 1 aromatic carbocycles. The Morgan fingerprint density at radius 3 is 2.83 bits per heavy atom. The summed E-state index contributed by atoms with van der Waals surface area (Å²) in [4.78, 5) is 18.3. The largest absolute Gasteiger partial charge is 0.482 e. The first-order valence-corrected chi connectivity index (χ1v) is 11.2. The fraction of sp³-hybridized carbons (Fsp3) is 0.526. The molecular weight excluding hydrogens is 396 g/mol. The number of carbonyl (C=O) groups is 1. The Morgan fingerprint density at radius 1 is 1.28 bits per heavy atom. The Kier molecular flexibility index (Phi) is 5.30. The van der Waals surface area contributed by atoms with Crippen molar-refractivity contribution in [2.75, 3.05) is 18.1 Å². The Hall–Kier alpha value is -2.46. The number of amides is 1. The van der Waals surface area contributed by atoms with Crippen LogP contribution in [0.4, 0.5) is 5.69 Å². The molecule has 1 saturated heterocycles. The molecule has 156 valence electrons. The normalized spacial score (nSPS) is 20.4. The van der Waals surface area contributed by atoms with E-state index in [2.05, 4.69) is 10.1 Å². The highest BCUT2D eigenvalue weighted by atomic mass is 32.2. The number of aryl methyl sites for hydroxylation is 1. The number of rotatable bonds is 5. The first-order chi connectivity index (χ1) is 13.9. The molecular formula is C19H24N4O5S. The van der Waals surface area contributed by atoms with Crippen molar-refractivity contribution >= 4 is 21.6 Å². The highest BCUT2D eigenvalue weighted by Crippen LogP contribution is 2.36. The van der Waals surface area contributed by atoms with Crippen molar-refractivity contribution in [1.82, 2.24) is 14.4 Å². The van der Waals surface area contributed by atoms with Gasteiger partial charge in [0.15, 0.2) is 12.4 Å². The summed E-state index contributed by atoms with van der Waals surface area (Å²) in [5.41, 5.74) is 0.398. The zero-order valence-electron chi connectivity index (χ0n) is 16.5. The standard InChI is InChI=1S/C19H24N4O5S/c1-3-18-20-17(21-28-18)11-22-15-10-14(7-8-16(15)27-12-19(22)24)29(25,26)23-9-5-4-6-13(23)2/h7-8,10,13H,3-6,9,11-12H2,1-2H3. The first-order valence-electron chi connectivity index (χ1n) is 9.80. The SMILES string of the molecule is CCc1nc(CN2C(=O)COc3ccc(S(=O)(=O)N4CCCCC4C)cc32)no1. The topological polar surface area (TPSA) is 106 Å². The smallest absolute Gasteiger partial charge is 0.265 e. The minimum Gasteiger partial charge on any atom is -0.482 e. The second-order valence-corrected chi connectivity index (χ2v) is 9.21. The minimum absolute atomic E-state index is 0.0504. The molecule has 4 rings (SSSR count). The van der Waals surface area contributed by atoms with E-state index in [0.29, 0.717) is 36.1 Å². The van der Waals surface area contributed by atoms with Gasteiger partial charge in [0.25, 0.3) is 5.91 Å². The molecule has 0 aliphatic carbocycles. The zero-order chi connectivity index (χ0) is 20.6. The molecule has 29 heavy (non-hydrogen) atoms. The molecule has 2 aliphatic heterocycles. The number of benzene rings is 1. The van der Waals surface area contributed by atoms with Crippen LogP contribution in [0, 0.1) is 0 Å². The van der Waals surface area contributed by atoms with Gasteiger partial charge in [-0.25, -0.2) is 8.42 Å². The molecule has 0 radical (unpaired) electrons. The van der Waals surface area contributed by atoms with E-state index in [1.807, 2.05) is 13.8 Å². The maximum Gasteiger partial charge on any atom is 0.265 e. The van der Waals surface area contributed by atoms with Crippen LogP contribution in [0.2, 0.25) is 0 Å². The Morgan fingerprint density at radius 2 is 2.10 bits per heavy atom. The van der Waals surface area contributed by atoms with Crippen LogP contribution in [0.3, 0.4) is 0 Å². The van der Waals surface area contributed by atoms with Crippen LogP contribution >= 0.6 is 0 Å². The Bertz CT molecular complexity index is 1020. The van der Waals surface area contributed by atoms with E-state index in [1.165, 1.54) is 17.0 Å². The van der Waals surface area contributed by atoms with Crippen LogP contribution in [0.15, 0.2) is 27.6 Å². The molecule has 1 unspecified atom stereocenters. The summed E-state index contributed by atoms with van der Waals surface area (Å²) in [5.74, 6) is 1.01. The van der Waals surface area contributed by atoms with Crippen molar-refractivity contribution in [3.63, 3.8) is 0 Å². The fourth-order valence-corrected chi connectivity index (χ4v) is 5.44. The van der Waals surface area contributed by atoms with E-state index in [9.17, 15) is 13.2 Å². The summed E-state index contributed by atoms with van der Waals surface area (Å²) in [5, 5.41) is 3.90. The summed E-state index contributed by atoms with van der Waals surface area (Å²) in [7, 11) is -3.67. The lowest BCUT2D eigenvalue weighted by Crippen LogP contribution is -2.42. The van der Waals surface area contributed by atoms with Crippen LogP contribution in [-0.4, -0.2) is 48.0 Å². The molecule has 0 saturated carbocycles. The predicted molar refractivity (Wildman–Crippen MR) is 104 cm³/mol. The molecule has 0 spiro atoms. The van der Waals surface area contributed by atoms with E-state index in [0.717, 1.165) is 19.3 Å². The van der Waals surface area contributed by atoms with Crippen molar-refractivity contribution in [1.29, 1.82) is 0 Å². The number of sulfonamides is 1. The summed E-state index contributed by atoms with van der Waals surface area (Å²) < 4.78 is 38.6. The highest BCUT2D eigenvalue weighted by molar-refractivity contribution is 7.89. The fourth-order valence-electron chi connectivity index (χ4n) is 3.72. The van der Waals surface area contributed by atoms with Gasteiger partial charge in [-0.1, -0.05) is 18.5 Å². The van der Waals surface area contributed by atoms with E-state index >= 15 is 0 Å². The van der Waals surface area contributed by atoms with Crippen LogP contribution in [0.5, 0.6) is 5.75 Å². The lowest BCUT2D eigenvalue weighted by molar-refractivity contribution is -0.121. The highest BCUT2D eigenvalue weighted by Gasteiger charge is 2.34. The van der Waals surface area contributed by atoms with Gasteiger partial charge >= 0.3 is 0 Å². The van der Waals surface area contributed by atoms with Gasteiger partial charge in [0.2, 0.25) is 15.9 Å². The number of nitrogens with zero attached hydrogens (tertiary/aromatic N) is 4. The third-order valence-corrected chi connectivity index (χ3v) is 7.34. The van der Waals surface area contributed by atoms with Gasteiger partial charge in [-0.05, 0) is 38.0 Å². The number of hydrogen-bond donors (Lipinski definition) is 0. The van der Waals surface area contributed by atoms with E-state index in [1.54, 1.807) is 10.4 Å². The molecule has 1 amide bonds. The Labute approximate surface area is 169 Å². The van der Waals surface area contributed by atoms with Crippen molar-refractivity contribution in [3.8, 4) is 5.75 Å². The third kappa shape index (κ3) is 3.74. The molecule has 0 N–H and O–H groups in total. The number of hydrogen-bond acceptors (Lipinski definition) is 7. The van der Waals surface area contributed by atoms with Crippen molar-refractivity contribution in [2.24, 2.45) is 0 Å². The first kappa shape index (κ1) is 19.8. The molecule has 1 fully saturated rings. The van der Waals surface area contributed by atoms with E-state index in [-0.39, 0.29) is 30.0 Å². The van der Waals surface area contributed by atoms with Crippen molar-refractivity contribution < 1.29 is 22.5 Å². The van der Waals surface area contributed by atoms with Crippen LogP contribution in [0.25, 0.3) is 0 Å². The summed E-state index contributed by atoms with van der Waals surface area (Å²) in [6.07, 6.45) is 3.31. The molecule has 2 aromatic rings. The average molecular weight is 420 g/mol. The molecule has 1 aromatic heterocycles. The van der Waals surface area contributed by atoms with E-state index in [4.69, 9.17) is 9.26 Å². The van der Waals surface area contributed by atoms with Gasteiger partial charge in [0.1, 0.15) is 5.75 Å². The van der Waals surface area contributed by atoms with Gasteiger partial charge in [-0.15, -0.1) is 0 Å². The van der Waals surface area contributed by atoms with E-state index < -0.39 is 10.0 Å². The lowest BCUT2D eigenvalue weighted by Gasteiger charge is -2.33. The molecule has 2 aliphatic rings. The van der Waals surface area contributed by atoms with Gasteiger partial charge in [-0.3, -0.25) is 9.69 Å². The average Bonchev–Trinajstić information content (AvgIpc) is 3.18. The predicted octanol–water partition coefficient (Wildman–Crippen LogP) is 2.12. The molecule has 0 bridgehead atoms. The number of piperidine rings is 1. The monoisotopic (exact) mass is 420 g/mol. The molecule has 9 nitrogen and oxygen atoms in total. The zero-order valence-corrected chi connectivity index (χ0v) is 17.3. The number of fused-ring (bicyclic) bond motifs is 1. The van der Waals surface area contributed by atoms with Gasteiger partial charge < -0.3 is 9.26 Å². The summed E-state index contributed by atoms with van der Waals surface area (Å²) >= 11 is 0. The van der Waals surface area contributed by atoms with Crippen LogP contribution < -0.4 is 9.64 Å². The van der Waals surface area contributed by atoms with Gasteiger partial charge in [0.05, 0.1) is 17.1 Å².